The summed E-state index contributed by atoms with van der Waals surface area (Å²) in [5, 5.41) is 22.4. The van der Waals surface area contributed by atoms with Gasteiger partial charge < -0.3 is 10.4 Å². The highest BCUT2D eigenvalue weighted by Gasteiger charge is 2.21. The standard InChI is InChI=1S/C13H8ClFN2O4/c14-10-6-8(2-4-12(10)18)16-13(19)9-5-7(15)1-3-11(9)17(20)21/h1-6,18H,(H,16,19). The Hall–Kier alpha value is -2.67. The number of phenolic OH excluding ortho intramolecular Hbond substituents is 1. The summed E-state index contributed by atoms with van der Waals surface area (Å²) in [6.45, 7) is 0. The van der Waals surface area contributed by atoms with Crippen molar-refractivity contribution in [3.8, 4) is 5.75 Å². The van der Waals surface area contributed by atoms with E-state index >= 15 is 0 Å². The predicted octanol–water partition coefficient (Wildman–Crippen LogP) is 3.35. The summed E-state index contributed by atoms with van der Waals surface area (Å²) in [6, 6.07) is 6.44. The molecule has 2 N–H and O–H groups in total. The SMILES string of the molecule is O=C(Nc1ccc(O)c(Cl)c1)c1cc(F)ccc1[N+](=O)[O-]. The van der Waals surface area contributed by atoms with Crippen molar-refractivity contribution in [2.75, 3.05) is 5.32 Å². The van der Waals surface area contributed by atoms with E-state index in [1.807, 2.05) is 0 Å². The third-order valence-corrected chi connectivity index (χ3v) is 2.91. The molecule has 0 saturated carbocycles. The van der Waals surface area contributed by atoms with Gasteiger partial charge in [-0.15, -0.1) is 0 Å². The van der Waals surface area contributed by atoms with Gasteiger partial charge in [-0.3, -0.25) is 14.9 Å². The first kappa shape index (κ1) is 14.7. The van der Waals surface area contributed by atoms with Crippen LogP contribution in [0.1, 0.15) is 10.4 Å². The number of anilines is 1. The van der Waals surface area contributed by atoms with Crippen LogP contribution < -0.4 is 5.32 Å². The number of benzene rings is 2. The largest absolute Gasteiger partial charge is 0.506 e. The lowest BCUT2D eigenvalue weighted by atomic mass is 10.1. The van der Waals surface area contributed by atoms with Gasteiger partial charge in [0.05, 0.1) is 9.95 Å². The first-order valence-electron chi connectivity index (χ1n) is 5.62. The number of carbonyl (C=O) groups is 1. The van der Waals surface area contributed by atoms with Crippen molar-refractivity contribution < 1.29 is 19.2 Å². The fraction of sp³-hybridized carbons (Fsp3) is 0. The molecule has 0 spiro atoms. The molecule has 0 saturated heterocycles. The molecule has 0 aliphatic heterocycles. The predicted molar refractivity (Wildman–Crippen MR) is 74.1 cm³/mol. The maximum absolute atomic E-state index is 13.2. The Kier molecular flexibility index (Phi) is 4.04. The highest BCUT2D eigenvalue weighted by Crippen LogP contribution is 2.27. The van der Waals surface area contributed by atoms with Crippen molar-refractivity contribution in [1.82, 2.24) is 0 Å². The van der Waals surface area contributed by atoms with Crippen LogP contribution in [0.3, 0.4) is 0 Å². The maximum Gasteiger partial charge on any atom is 0.282 e. The zero-order valence-electron chi connectivity index (χ0n) is 10.3. The molecule has 0 fully saturated rings. The molecule has 2 aromatic carbocycles. The van der Waals surface area contributed by atoms with Crippen LogP contribution in [0, 0.1) is 15.9 Å². The Balaban J connectivity index is 2.34. The molecule has 0 atom stereocenters. The van der Waals surface area contributed by atoms with Gasteiger partial charge in [-0.05, 0) is 30.3 Å². The van der Waals surface area contributed by atoms with Gasteiger partial charge in [0.1, 0.15) is 17.1 Å². The molecule has 0 aliphatic rings. The monoisotopic (exact) mass is 310 g/mol. The van der Waals surface area contributed by atoms with Crippen molar-refractivity contribution in [2.24, 2.45) is 0 Å². The molecule has 6 nitrogen and oxygen atoms in total. The van der Waals surface area contributed by atoms with Crippen molar-refractivity contribution in [1.29, 1.82) is 0 Å². The van der Waals surface area contributed by atoms with Gasteiger partial charge in [0.2, 0.25) is 0 Å². The van der Waals surface area contributed by atoms with Crippen LogP contribution >= 0.6 is 11.6 Å². The first-order valence-corrected chi connectivity index (χ1v) is 6.00. The van der Waals surface area contributed by atoms with E-state index in [1.54, 1.807) is 0 Å². The molecular weight excluding hydrogens is 303 g/mol. The Bertz CT molecular complexity index is 736. The minimum atomic E-state index is -0.858. The van der Waals surface area contributed by atoms with E-state index in [1.165, 1.54) is 18.2 Å². The van der Waals surface area contributed by atoms with Crippen LogP contribution in [-0.4, -0.2) is 15.9 Å². The first-order chi connectivity index (χ1) is 9.88. The lowest BCUT2D eigenvalue weighted by Gasteiger charge is -2.07. The van der Waals surface area contributed by atoms with Crippen LogP contribution in [0.25, 0.3) is 0 Å². The quantitative estimate of drug-likeness (QED) is 0.516. The number of hydrogen-bond donors (Lipinski definition) is 2. The molecule has 2 aromatic rings. The number of nitro benzene ring substituents is 1. The fourth-order valence-corrected chi connectivity index (χ4v) is 1.81. The fourth-order valence-electron chi connectivity index (χ4n) is 1.63. The Morgan fingerprint density at radius 1 is 1.29 bits per heavy atom. The van der Waals surface area contributed by atoms with Gasteiger partial charge >= 0.3 is 0 Å². The Morgan fingerprint density at radius 2 is 2.00 bits per heavy atom. The van der Waals surface area contributed by atoms with E-state index in [-0.39, 0.29) is 16.5 Å². The Morgan fingerprint density at radius 3 is 2.62 bits per heavy atom. The van der Waals surface area contributed by atoms with Crippen molar-refractivity contribution in [2.45, 2.75) is 0 Å². The van der Waals surface area contributed by atoms with E-state index in [0.717, 1.165) is 18.2 Å². The van der Waals surface area contributed by atoms with Gasteiger partial charge in [0.25, 0.3) is 11.6 Å². The number of aromatic hydroxyl groups is 1. The molecule has 0 aliphatic carbocycles. The number of phenols is 1. The van der Waals surface area contributed by atoms with Gasteiger partial charge in [-0.1, -0.05) is 11.6 Å². The van der Waals surface area contributed by atoms with Crippen molar-refractivity contribution in [3.63, 3.8) is 0 Å². The average Bonchev–Trinajstić information content (AvgIpc) is 2.42. The van der Waals surface area contributed by atoms with Crippen LogP contribution in [0.5, 0.6) is 5.75 Å². The van der Waals surface area contributed by atoms with Gasteiger partial charge in [0, 0.05) is 11.8 Å². The zero-order chi connectivity index (χ0) is 15.6. The Labute approximate surface area is 122 Å². The summed E-state index contributed by atoms with van der Waals surface area (Å²) in [4.78, 5) is 22.1. The second kappa shape index (κ2) is 5.76. The molecular formula is C13H8ClFN2O4. The molecule has 8 heteroatoms. The van der Waals surface area contributed by atoms with Crippen LogP contribution in [0.4, 0.5) is 15.8 Å². The number of nitrogens with one attached hydrogen (secondary N) is 1. The van der Waals surface area contributed by atoms with Crippen LogP contribution in [-0.2, 0) is 0 Å². The molecule has 2 rings (SSSR count). The maximum atomic E-state index is 13.2. The smallest absolute Gasteiger partial charge is 0.282 e. The van der Waals surface area contributed by atoms with Gasteiger partial charge in [-0.25, -0.2) is 4.39 Å². The highest BCUT2D eigenvalue weighted by atomic mass is 35.5. The van der Waals surface area contributed by atoms with Gasteiger partial charge in [0.15, 0.2) is 0 Å². The molecule has 0 aromatic heterocycles. The molecule has 0 unspecified atom stereocenters. The molecule has 0 bridgehead atoms. The number of carbonyl (C=O) groups excluding carboxylic acids is 1. The third kappa shape index (κ3) is 3.26. The summed E-state index contributed by atoms with van der Waals surface area (Å²) in [5.41, 5.74) is -0.718. The highest BCUT2D eigenvalue weighted by molar-refractivity contribution is 6.32. The number of nitrogens with zero attached hydrogens (tertiary/aromatic N) is 1. The second-order valence-electron chi connectivity index (χ2n) is 4.04. The van der Waals surface area contributed by atoms with E-state index in [4.69, 9.17) is 11.6 Å². The third-order valence-electron chi connectivity index (χ3n) is 2.61. The molecule has 108 valence electrons. The van der Waals surface area contributed by atoms with Gasteiger partial charge in [-0.2, -0.15) is 0 Å². The molecule has 1 amide bonds. The van der Waals surface area contributed by atoms with E-state index < -0.39 is 27.9 Å². The summed E-state index contributed by atoms with van der Waals surface area (Å²) >= 11 is 5.68. The summed E-state index contributed by atoms with van der Waals surface area (Å²) in [7, 11) is 0. The molecule has 0 heterocycles. The number of rotatable bonds is 3. The summed E-state index contributed by atoms with van der Waals surface area (Å²) in [6.07, 6.45) is 0. The normalized spacial score (nSPS) is 10.2. The number of nitro groups is 1. The minimum Gasteiger partial charge on any atom is -0.506 e. The van der Waals surface area contributed by atoms with Crippen LogP contribution in [0.2, 0.25) is 5.02 Å². The number of hydrogen-bond acceptors (Lipinski definition) is 4. The molecule has 0 radical (unpaired) electrons. The average molecular weight is 311 g/mol. The van der Waals surface area contributed by atoms with Crippen molar-refractivity contribution >= 4 is 28.9 Å². The van der Waals surface area contributed by atoms with Crippen LogP contribution in [0.15, 0.2) is 36.4 Å². The van der Waals surface area contributed by atoms with Crippen molar-refractivity contribution in [3.05, 3.63) is 62.9 Å². The minimum absolute atomic E-state index is 0.00143. The molecule has 21 heavy (non-hydrogen) atoms. The van der Waals surface area contributed by atoms with E-state index in [2.05, 4.69) is 5.32 Å². The number of halogens is 2. The topological polar surface area (TPSA) is 92.5 Å². The van der Waals surface area contributed by atoms with E-state index in [9.17, 15) is 24.4 Å². The summed E-state index contributed by atoms with van der Waals surface area (Å²) in [5.74, 6) is -1.80. The lowest BCUT2D eigenvalue weighted by molar-refractivity contribution is -0.385. The second-order valence-corrected chi connectivity index (χ2v) is 4.45. The summed E-state index contributed by atoms with van der Waals surface area (Å²) < 4.78 is 13.2. The zero-order valence-corrected chi connectivity index (χ0v) is 11.1. The lowest BCUT2D eigenvalue weighted by Crippen LogP contribution is -2.14. The van der Waals surface area contributed by atoms with E-state index in [0.29, 0.717) is 0 Å². The number of amides is 1.